The highest BCUT2D eigenvalue weighted by molar-refractivity contribution is 9.13. The molecule has 17 heavy (non-hydrogen) atoms. The molecule has 0 spiro atoms. The van der Waals surface area contributed by atoms with Crippen molar-refractivity contribution in [2.45, 2.75) is 12.5 Å². The quantitative estimate of drug-likeness (QED) is 0.770. The molecule has 0 heterocycles. The van der Waals surface area contributed by atoms with Crippen LogP contribution in [0.2, 0.25) is 0 Å². The molecule has 0 radical (unpaired) electrons. The summed E-state index contributed by atoms with van der Waals surface area (Å²) < 4.78 is 6.35. The number of methoxy groups -OCH3 is 1. The molecule has 0 aliphatic heterocycles. The zero-order chi connectivity index (χ0) is 12.3. The second-order valence-corrected chi connectivity index (χ2v) is 4.86. The lowest BCUT2D eigenvalue weighted by Gasteiger charge is -2.16. The minimum atomic E-state index is -0.183. The molecule has 0 unspecified atom stereocenters. The maximum absolute atomic E-state index is 9.75. The first-order valence-electron chi connectivity index (χ1n) is 4.64. The molecule has 0 bridgehead atoms. The summed E-state index contributed by atoms with van der Waals surface area (Å²) in [5.74, 6) is 0.452. The number of rotatable bonds is 4. The minimum absolute atomic E-state index is 0. The van der Waals surface area contributed by atoms with E-state index in [1.807, 2.05) is 0 Å². The first kappa shape index (κ1) is 16.8. The smallest absolute Gasteiger partial charge is 0.173 e. The average Bonchev–Trinajstić information content (AvgIpc) is 2.27. The van der Waals surface area contributed by atoms with E-state index in [1.165, 1.54) is 7.11 Å². The summed E-state index contributed by atoms with van der Waals surface area (Å²) in [4.78, 5) is 0. The van der Waals surface area contributed by atoms with Gasteiger partial charge in [0.15, 0.2) is 11.5 Å². The monoisotopic (exact) mass is 385 g/mol. The predicted molar refractivity (Wildman–Crippen MR) is 79.0 cm³/mol. The minimum Gasteiger partial charge on any atom is -0.503 e. The van der Waals surface area contributed by atoms with E-state index in [1.54, 1.807) is 12.1 Å². The lowest BCUT2D eigenvalue weighted by molar-refractivity contribution is 0.370. The van der Waals surface area contributed by atoms with Crippen LogP contribution in [0.4, 0.5) is 0 Å². The number of halogens is 3. The van der Waals surface area contributed by atoms with Crippen molar-refractivity contribution < 1.29 is 9.84 Å². The van der Waals surface area contributed by atoms with Crippen LogP contribution in [0.3, 0.4) is 0 Å². The number of hydrogen-bond acceptors (Lipinski definition) is 3. The molecular weight excluding hydrogens is 373 g/mol. The van der Waals surface area contributed by atoms with E-state index in [-0.39, 0.29) is 24.2 Å². The van der Waals surface area contributed by atoms with E-state index in [9.17, 15) is 5.11 Å². The van der Waals surface area contributed by atoms with Crippen molar-refractivity contribution in [3.8, 4) is 11.5 Å². The summed E-state index contributed by atoms with van der Waals surface area (Å²) in [5.41, 5.74) is 6.85. The fourth-order valence-corrected chi connectivity index (χ4v) is 2.36. The van der Waals surface area contributed by atoms with Gasteiger partial charge in [0.25, 0.3) is 0 Å². The van der Waals surface area contributed by atoms with Crippen LogP contribution >= 0.6 is 44.3 Å². The van der Waals surface area contributed by atoms with Gasteiger partial charge in [0.05, 0.1) is 11.6 Å². The lowest BCUT2D eigenvalue weighted by atomic mass is 10.0. The van der Waals surface area contributed by atoms with Crippen LogP contribution in [-0.4, -0.2) is 12.2 Å². The van der Waals surface area contributed by atoms with Crippen molar-refractivity contribution in [2.24, 2.45) is 5.73 Å². The topological polar surface area (TPSA) is 55.5 Å². The molecule has 1 rings (SSSR count). The van der Waals surface area contributed by atoms with Crippen molar-refractivity contribution >= 4 is 44.3 Å². The Morgan fingerprint density at radius 1 is 1.53 bits per heavy atom. The normalized spacial score (nSPS) is 11.5. The third-order valence-electron chi connectivity index (χ3n) is 2.21. The van der Waals surface area contributed by atoms with Gasteiger partial charge in [0, 0.05) is 10.5 Å². The molecule has 3 nitrogen and oxygen atoms in total. The van der Waals surface area contributed by atoms with Crippen LogP contribution in [0.15, 0.2) is 27.7 Å². The Kier molecular flexibility index (Phi) is 7.16. The lowest BCUT2D eigenvalue weighted by Crippen LogP contribution is -2.10. The van der Waals surface area contributed by atoms with E-state index in [0.717, 1.165) is 10.0 Å². The van der Waals surface area contributed by atoms with Crippen molar-refractivity contribution in [3.05, 3.63) is 33.2 Å². The van der Waals surface area contributed by atoms with Crippen LogP contribution in [0, 0.1) is 0 Å². The number of phenolic OH excluding ortho intramolecular Hbond substituents is 1. The van der Waals surface area contributed by atoms with Crippen molar-refractivity contribution in [1.29, 1.82) is 0 Å². The molecule has 0 aliphatic carbocycles. The number of benzene rings is 1. The van der Waals surface area contributed by atoms with Crippen LogP contribution in [0.5, 0.6) is 11.5 Å². The van der Waals surface area contributed by atoms with E-state index < -0.39 is 0 Å². The summed E-state index contributed by atoms with van der Waals surface area (Å²) in [5, 5.41) is 9.75. The third kappa shape index (κ3) is 3.61. The largest absolute Gasteiger partial charge is 0.503 e. The predicted octanol–water partition coefficient (Wildman–Crippen LogP) is 3.92. The Morgan fingerprint density at radius 3 is 2.59 bits per heavy atom. The number of nitrogens with two attached hydrogens (primary N) is 1. The van der Waals surface area contributed by atoms with Gasteiger partial charge in [-0.2, -0.15) is 0 Å². The van der Waals surface area contributed by atoms with Crippen molar-refractivity contribution in [1.82, 2.24) is 0 Å². The van der Waals surface area contributed by atoms with Gasteiger partial charge in [-0.3, -0.25) is 0 Å². The number of ether oxygens (including phenoxy) is 1. The Labute approximate surface area is 124 Å². The Morgan fingerprint density at radius 2 is 2.12 bits per heavy atom. The van der Waals surface area contributed by atoms with Gasteiger partial charge >= 0.3 is 0 Å². The molecule has 0 aliphatic rings. The average molecular weight is 387 g/mol. The zero-order valence-corrected chi connectivity index (χ0v) is 13.2. The second-order valence-electron chi connectivity index (χ2n) is 3.28. The van der Waals surface area contributed by atoms with E-state index >= 15 is 0 Å². The van der Waals surface area contributed by atoms with Gasteiger partial charge < -0.3 is 15.6 Å². The molecule has 0 amide bonds. The maximum Gasteiger partial charge on any atom is 0.173 e. The van der Waals surface area contributed by atoms with Crippen LogP contribution in [0.1, 0.15) is 18.0 Å². The fourth-order valence-electron chi connectivity index (χ4n) is 1.34. The number of phenols is 1. The molecular formula is C11H14Br2ClNO2. The molecule has 1 atom stereocenters. The molecule has 0 aromatic heterocycles. The summed E-state index contributed by atoms with van der Waals surface area (Å²) in [6, 6.07) is 1.54. The SMILES string of the molecule is C=CC[C@H](N)c1cc(OC)c(O)c(Br)c1Br.Cl. The molecule has 6 heteroatoms. The number of aromatic hydroxyl groups is 1. The molecule has 1 aromatic rings. The summed E-state index contributed by atoms with van der Waals surface area (Å²) >= 11 is 6.67. The second kappa shape index (κ2) is 7.26. The fraction of sp³-hybridized carbons (Fsp3) is 0.273. The summed E-state index contributed by atoms with van der Waals surface area (Å²) in [6.07, 6.45) is 2.41. The van der Waals surface area contributed by atoms with Gasteiger partial charge in [0.1, 0.15) is 0 Å². The maximum atomic E-state index is 9.75. The Balaban J connectivity index is 0.00000256. The highest BCUT2D eigenvalue weighted by Crippen LogP contribution is 2.43. The van der Waals surface area contributed by atoms with E-state index in [0.29, 0.717) is 16.6 Å². The standard InChI is InChI=1S/C11H13Br2NO2.ClH/c1-3-4-7(14)6-5-8(16-2)11(15)10(13)9(6)12;/h3,5,7,15H,1,4,14H2,2H3;1H/t7-;/m0./s1. The van der Waals surface area contributed by atoms with E-state index in [4.69, 9.17) is 10.5 Å². The first-order valence-corrected chi connectivity index (χ1v) is 6.22. The zero-order valence-electron chi connectivity index (χ0n) is 9.24. The number of hydrogen-bond donors (Lipinski definition) is 2. The van der Waals surface area contributed by atoms with Crippen LogP contribution in [-0.2, 0) is 0 Å². The molecule has 3 N–H and O–H groups in total. The van der Waals surface area contributed by atoms with Crippen LogP contribution in [0.25, 0.3) is 0 Å². The van der Waals surface area contributed by atoms with Crippen LogP contribution < -0.4 is 10.5 Å². The third-order valence-corrected chi connectivity index (χ3v) is 4.37. The summed E-state index contributed by atoms with van der Waals surface area (Å²) in [7, 11) is 1.50. The molecule has 1 aromatic carbocycles. The molecule has 0 saturated carbocycles. The van der Waals surface area contributed by atoms with Crippen molar-refractivity contribution in [2.75, 3.05) is 7.11 Å². The molecule has 0 fully saturated rings. The molecule has 96 valence electrons. The van der Waals surface area contributed by atoms with Gasteiger partial charge in [-0.05, 0) is 49.9 Å². The van der Waals surface area contributed by atoms with Gasteiger partial charge in [-0.1, -0.05) is 6.08 Å². The van der Waals surface area contributed by atoms with Gasteiger partial charge in [-0.15, -0.1) is 19.0 Å². The van der Waals surface area contributed by atoms with Gasteiger partial charge in [-0.25, -0.2) is 0 Å². The Hall–Kier alpha value is -0.230. The highest BCUT2D eigenvalue weighted by Gasteiger charge is 2.18. The highest BCUT2D eigenvalue weighted by atomic mass is 79.9. The van der Waals surface area contributed by atoms with E-state index in [2.05, 4.69) is 38.4 Å². The molecule has 0 saturated heterocycles. The summed E-state index contributed by atoms with van der Waals surface area (Å²) in [6.45, 7) is 3.65. The first-order chi connectivity index (χ1) is 7.52. The Bertz CT molecular complexity index is 413. The van der Waals surface area contributed by atoms with Gasteiger partial charge in [0.2, 0.25) is 0 Å². The van der Waals surface area contributed by atoms with Crippen molar-refractivity contribution in [3.63, 3.8) is 0 Å².